The summed E-state index contributed by atoms with van der Waals surface area (Å²) in [6.07, 6.45) is -2.26. The van der Waals surface area contributed by atoms with Crippen molar-refractivity contribution in [1.82, 2.24) is 9.80 Å². The molecule has 1 unspecified atom stereocenters. The third kappa shape index (κ3) is 2.86. The van der Waals surface area contributed by atoms with Crippen molar-refractivity contribution in [2.45, 2.75) is 57.7 Å². The Kier molecular flexibility index (Phi) is 3.88. The first-order valence-corrected chi connectivity index (χ1v) is 6.79. The molecule has 20 heavy (non-hydrogen) atoms. The Morgan fingerprint density at radius 3 is 2.10 bits per heavy atom. The van der Waals surface area contributed by atoms with Crippen molar-refractivity contribution in [2.24, 2.45) is 0 Å². The molecule has 0 aromatic heterocycles. The predicted molar refractivity (Wildman–Crippen MR) is 67.5 cm³/mol. The number of alkyl halides is 2. The number of likely N-dealkylation sites (tertiary alicyclic amines) is 2. The monoisotopic (exact) mass is 290 g/mol. The molecule has 5 nitrogen and oxygen atoms in total. The summed E-state index contributed by atoms with van der Waals surface area (Å²) in [6, 6.07) is -1.64. The number of rotatable bonds is 2. The number of hydrogen-bond donors (Lipinski definition) is 0. The molecule has 114 valence electrons. The second-order valence-corrected chi connectivity index (χ2v) is 6.20. The lowest BCUT2D eigenvalue weighted by atomic mass is 9.96. The summed E-state index contributed by atoms with van der Waals surface area (Å²) in [4.78, 5) is 26.5. The van der Waals surface area contributed by atoms with Gasteiger partial charge in [0.05, 0.1) is 6.04 Å². The molecule has 2 atom stereocenters. The molecule has 2 saturated heterocycles. The normalized spacial score (nSPS) is 26.1. The topological polar surface area (TPSA) is 49.9 Å². The smallest absolute Gasteiger partial charge is 0.410 e. The number of halogens is 2. The molecular formula is C13H20F2N2O3. The number of carbonyl (C=O) groups excluding carboxylic acids is 2. The molecule has 2 aliphatic heterocycles. The summed E-state index contributed by atoms with van der Waals surface area (Å²) >= 11 is 0. The first-order chi connectivity index (χ1) is 9.20. The summed E-state index contributed by atoms with van der Waals surface area (Å²) in [6.45, 7) is 5.99. The van der Waals surface area contributed by atoms with Crippen LogP contribution in [0.4, 0.5) is 13.6 Å². The van der Waals surface area contributed by atoms with Crippen LogP contribution < -0.4 is 0 Å². The zero-order valence-electron chi connectivity index (χ0n) is 11.9. The van der Waals surface area contributed by atoms with E-state index in [1.54, 1.807) is 20.8 Å². The third-order valence-electron chi connectivity index (χ3n) is 3.57. The zero-order chi connectivity index (χ0) is 15.1. The number of nitrogens with zero attached hydrogens (tertiary/aromatic N) is 2. The van der Waals surface area contributed by atoms with Gasteiger partial charge in [-0.1, -0.05) is 0 Å². The van der Waals surface area contributed by atoms with Crippen molar-refractivity contribution in [2.75, 3.05) is 13.1 Å². The molecule has 0 N–H and O–H groups in total. The zero-order valence-corrected chi connectivity index (χ0v) is 11.9. The van der Waals surface area contributed by atoms with Crippen LogP contribution in [-0.2, 0) is 9.53 Å². The van der Waals surface area contributed by atoms with Crippen molar-refractivity contribution in [3.05, 3.63) is 0 Å². The number of amides is 2. The van der Waals surface area contributed by atoms with Crippen molar-refractivity contribution in [3.63, 3.8) is 0 Å². The van der Waals surface area contributed by atoms with Gasteiger partial charge in [0.2, 0.25) is 5.91 Å². The second kappa shape index (κ2) is 5.18. The fraction of sp³-hybridized carbons (Fsp3) is 0.846. The molecule has 2 rings (SSSR count). The van der Waals surface area contributed by atoms with Gasteiger partial charge in [0.25, 0.3) is 6.43 Å². The molecule has 0 aromatic carbocycles. The molecular weight excluding hydrogens is 270 g/mol. The predicted octanol–water partition coefficient (Wildman–Crippen LogP) is 1.86. The van der Waals surface area contributed by atoms with Gasteiger partial charge in [0, 0.05) is 13.1 Å². The van der Waals surface area contributed by atoms with Gasteiger partial charge in [-0.15, -0.1) is 0 Å². The molecule has 2 aliphatic rings. The van der Waals surface area contributed by atoms with E-state index < -0.39 is 36.1 Å². The molecule has 0 aromatic rings. The van der Waals surface area contributed by atoms with Crippen LogP contribution in [0, 0.1) is 0 Å². The number of hydrogen-bond acceptors (Lipinski definition) is 3. The Hall–Kier alpha value is -1.40. The first kappa shape index (κ1) is 15.0. The van der Waals surface area contributed by atoms with Crippen molar-refractivity contribution < 1.29 is 23.1 Å². The highest BCUT2D eigenvalue weighted by Crippen LogP contribution is 2.29. The van der Waals surface area contributed by atoms with E-state index in [0.717, 1.165) is 0 Å². The molecule has 0 radical (unpaired) electrons. The second-order valence-electron chi connectivity index (χ2n) is 6.20. The molecule has 0 aliphatic carbocycles. The maximum atomic E-state index is 12.7. The van der Waals surface area contributed by atoms with Gasteiger partial charge in [0.15, 0.2) is 0 Å². The molecule has 2 amide bonds. The van der Waals surface area contributed by atoms with E-state index in [0.29, 0.717) is 25.9 Å². The van der Waals surface area contributed by atoms with Crippen LogP contribution in [0.25, 0.3) is 0 Å². The first-order valence-electron chi connectivity index (χ1n) is 6.79. The fourth-order valence-corrected chi connectivity index (χ4v) is 2.32. The van der Waals surface area contributed by atoms with E-state index in [1.165, 1.54) is 9.80 Å². The Labute approximate surface area is 116 Å². The molecule has 0 saturated carbocycles. The Balaban J connectivity index is 1.93. The fourth-order valence-electron chi connectivity index (χ4n) is 2.32. The summed E-state index contributed by atoms with van der Waals surface area (Å²) in [5.41, 5.74) is -0.636. The van der Waals surface area contributed by atoms with Crippen LogP contribution in [0.15, 0.2) is 0 Å². The lowest BCUT2D eigenvalue weighted by Crippen LogP contribution is -2.65. The van der Waals surface area contributed by atoms with Gasteiger partial charge >= 0.3 is 6.09 Å². The number of carbonyl (C=O) groups is 2. The minimum atomic E-state index is -2.53. The highest BCUT2D eigenvalue weighted by Gasteiger charge is 2.47. The van der Waals surface area contributed by atoms with Gasteiger partial charge in [-0.05, 0) is 33.6 Å². The van der Waals surface area contributed by atoms with Crippen LogP contribution in [0.2, 0.25) is 0 Å². The molecule has 7 heteroatoms. The molecule has 0 spiro atoms. The maximum Gasteiger partial charge on any atom is 0.410 e. The minimum Gasteiger partial charge on any atom is -0.444 e. The lowest BCUT2D eigenvalue weighted by molar-refractivity contribution is -0.155. The third-order valence-corrected chi connectivity index (χ3v) is 3.57. The van der Waals surface area contributed by atoms with Crippen LogP contribution in [0.3, 0.4) is 0 Å². The van der Waals surface area contributed by atoms with Crippen LogP contribution in [0.5, 0.6) is 0 Å². The van der Waals surface area contributed by atoms with Crippen LogP contribution in [0.1, 0.15) is 33.6 Å². The summed E-state index contributed by atoms with van der Waals surface area (Å²) in [5, 5.41) is 0. The van der Waals surface area contributed by atoms with E-state index in [4.69, 9.17) is 4.74 Å². The van der Waals surface area contributed by atoms with E-state index in [1.807, 2.05) is 0 Å². The maximum absolute atomic E-state index is 12.7. The van der Waals surface area contributed by atoms with Gasteiger partial charge in [-0.3, -0.25) is 9.69 Å². The van der Waals surface area contributed by atoms with Crippen molar-refractivity contribution in [1.29, 1.82) is 0 Å². The number of ether oxygens (including phenoxy) is 1. The van der Waals surface area contributed by atoms with Gasteiger partial charge in [-0.2, -0.15) is 0 Å². The molecule has 0 bridgehead atoms. The van der Waals surface area contributed by atoms with Crippen LogP contribution in [-0.4, -0.2) is 59.0 Å². The van der Waals surface area contributed by atoms with Crippen LogP contribution >= 0.6 is 0 Å². The Bertz CT molecular complexity index is 409. The highest BCUT2D eigenvalue weighted by molar-refractivity contribution is 5.88. The van der Waals surface area contributed by atoms with Gasteiger partial charge < -0.3 is 9.64 Å². The lowest BCUT2D eigenvalue weighted by Gasteiger charge is -2.47. The average molecular weight is 290 g/mol. The average Bonchev–Trinajstić information content (AvgIpc) is 2.07. The standard InChI is InChI=1S/C13H20F2N2O3/c1-13(2,3)20-12(19)17-7-5-9(17)11(18)16-6-4-8(16)10(14)15/h8-10H,4-7H2,1-3H3/t8?,9-/m1/s1. The Morgan fingerprint density at radius 2 is 1.75 bits per heavy atom. The minimum absolute atomic E-state index is 0.322. The quantitative estimate of drug-likeness (QED) is 0.780. The molecule has 2 fully saturated rings. The largest absolute Gasteiger partial charge is 0.444 e. The van der Waals surface area contributed by atoms with Crippen molar-refractivity contribution in [3.8, 4) is 0 Å². The van der Waals surface area contributed by atoms with Crippen molar-refractivity contribution >= 4 is 12.0 Å². The van der Waals surface area contributed by atoms with E-state index in [-0.39, 0.29) is 0 Å². The highest BCUT2D eigenvalue weighted by atomic mass is 19.3. The van der Waals surface area contributed by atoms with E-state index in [2.05, 4.69) is 0 Å². The summed E-state index contributed by atoms with van der Waals surface area (Å²) < 4.78 is 30.5. The van der Waals surface area contributed by atoms with E-state index in [9.17, 15) is 18.4 Å². The van der Waals surface area contributed by atoms with Gasteiger partial charge in [0.1, 0.15) is 11.6 Å². The Morgan fingerprint density at radius 1 is 1.15 bits per heavy atom. The van der Waals surface area contributed by atoms with E-state index >= 15 is 0 Å². The SMILES string of the molecule is CC(C)(C)OC(=O)N1CC[C@@H]1C(=O)N1CCC1C(F)F. The summed E-state index contributed by atoms with van der Waals surface area (Å²) in [7, 11) is 0. The van der Waals surface area contributed by atoms with Gasteiger partial charge in [-0.25, -0.2) is 13.6 Å². The summed E-state index contributed by atoms with van der Waals surface area (Å²) in [5.74, 6) is -0.390. The molecule has 2 heterocycles.